The summed E-state index contributed by atoms with van der Waals surface area (Å²) in [5, 5.41) is 2.63. The van der Waals surface area contributed by atoms with Crippen molar-refractivity contribution in [2.45, 2.75) is 58.6 Å². The topological polar surface area (TPSA) is 58.6 Å². The molecule has 0 spiro atoms. The monoisotopic (exact) mass is 282 g/mol. The minimum atomic E-state index is -0.544. The Labute approximate surface area is 121 Å². The third-order valence-electron chi connectivity index (χ3n) is 4.14. The van der Waals surface area contributed by atoms with E-state index in [1.165, 1.54) is 19.3 Å². The first kappa shape index (κ1) is 15.1. The van der Waals surface area contributed by atoms with Gasteiger partial charge in [0.1, 0.15) is 11.6 Å². The molecule has 2 rings (SSSR count). The maximum absolute atomic E-state index is 12.3. The first-order valence-corrected chi connectivity index (χ1v) is 7.54. The van der Waals surface area contributed by atoms with Gasteiger partial charge in [0.25, 0.3) is 0 Å². The lowest BCUT2D eigenvalue weighted by Crippen LogP contribution is -2.47. The number of likely N-dealkylation sites (tertiary alicyclic amines) is 1. The van der Waals surface area contributed by atoms with E-state index < -0.39 is 17.7 Å². The molecule has 1 heterocycles. The zero-order valence-corrected chi connectivity index (χ0v) is 12.9. The van der Waals surface area contributed by atoms with E-state index in [9.17, 15) is 9.59 Å². The van der Waals surface area contributed by atoms with Crippen LogP contribution in [0.2, 0.25) is 0 Å². The largest absolute Gasteiger partial charge is 0.444 e. The van der Waals surface area contributed by atoms with Crippen LogP contribution in [0.1, 0.15) is 47.0 Å². The average molecular weight is 282 g/mol. The fourth-order valence-corrected chi connectivity index (χ4v) is 3.23. The Morgan fingerprint density at radius 2 is 1.75 bits per heavy atom. The van der Waals surface area contributed by atoms with E-state index in [1.54, 1.807) is 27.7 Å². The number of alkyl carbamates (subject to hydrolysis) is 1. The van der Waals surface area contributed by atoms with Gasteiger partial charge in [0, 0.05) is 13.1 Å². The summed E-state index contributed by atoms with van der Waals surface area (Å²) in [6.45, 7) is 8.84. The molecule has 1 N–H and O–H groups in total. The number of nitrogens with zero attached hydrogens (tertiary/aromatic N) is 1. The number of nitrogens with one attached hydrogen (secondary N) is 1. The predicted octanol–water partition coefficient (Wildman–Crippen LogP) is 2.16. The molecule has 0 bridgehead atoms. The Hall–Kier alpha value is -1.26. The van der Waals surface area contributed by atoms with Crippen molar-refractivity contribution >= 4 is 12.0 Å². The molecule has 114 valence electrons. The predicted molar refractivity (Wildman–Crippen MR) is 76.2 cm³/mol. The van der Waals surface area contributed by atoms with Crippen molar-refractivity contribution in [1.82, 2.24) is 10.2 Å². The fourth-order valence-electron chi connectivity index (χ4n) is 3.23. The lowest BCUT2D eigenvalue weighted by Gasteiger charge is -2.24. The third kappa shape index (κ3) is 3.64. The van der Waals surface area contributed by atoms with Gasteiger partial charge >= 0.3 is 6.09 Å². The summed E-state index contributed by atoms with van der Waals surface area (Å²) in [5.41, 5.74) is -0.544. The van der Waals surface area contributed by atoms with Crippen LogP contribution in [0.3, 0.4) is 0 Å². The van der Waals surface area contributed by atoms with Gasteiger partial charge in [-0.2, -0.15) is 0 Å². The highest BCUT2D eigenvalue weighted by Crippen LogP contribution is 2.37. The number of fused-ring (bicyclic) bond motifs is 1. The first-order valence-electron chi connectivity index (χ1n) is 7.54. The van der Waals surface area contributed by atoms with Gasteiger partial charge in [0.15, 0.2) is 0 Å². The molecule has 1 saturated carbocycles. The van der Waals surface area contributed by atoms with Gasteiger partial charge in [-0.25, -0.2) is 4.79 Å². The third-order valence-corrected chi connectivity index (χ3v) is 4.14. The SMILES string of the molecule is CC(NC(=O)OC(C)(C)C)C(=O)N1CC2CCCC2C1. The highest BCUT2D eigenvalue weighted by molar-refractivity contribution is 5.85. The van der Waals surface area contributed by atoms with Gasteiger partial charge in [-0.1, -0.05) is 6.42 Å². The van der Waals surface area contributed by atoms with Crippen LogP contribution >= 0.6 is 0 Å². The molecule has 0 aromatic carbocycles. The van der Waals surface area contributed by atoms with Crippen LogP contribution in [0.5, 0.6) is 0 Å². The summed E-state index contributed by atoms with van der Waals surface area (Å²) in [4.78, 5) is 25.9. The van der Waals surface area contributed by atoms with Crippen molar-refractivity contribution in [2.24, 2.45) is 11.8 Å². The van der Waals surface area contributed by atoms with Crippen LogP contribution in [0.15, 0.2) is 0 Å². The molecule has 3 atom stereocenters. The standard InChI is InChI=1S/C15H26N2O3/c1-10(16-14(19)20-15(2,3)4)13(18)17-8-11-6-5-7-12(11)9-17/h10-12H,5-9H2,1-4H3,(H,16,19). The molecule has 0 radical (unpaired) electrons. The Kier molecular flexibility index (Phi) is 4.25. The number of amides is 2. The molecule has 1 aliphatic carbocycles. The smallest absolute Gasteiger partial charge is 0.408 e. The molecule has 5 heteroatoms. The number of hydrogen-bond acceptors (Lipinski definition) is 3. The van der Waals surface area contributed by atoms with E-state index in [0.717, 1.165) is 13.1 Å². The van der Waals surface area contributed by atoms with Crippen molar-refractivity contribution in [3.63, 3.8) is 0 Å². The highest BCUT2D eigenvalue weighted by atomic mass is 16.6. The zero-order chi connectivity index (χ0) is 14.9. The molecule has 1 aliphatic heterocycles. The summed E-state index contributed by atoms with van der Waals surface area (Å²) >= 11 is 0. The number of rotatable bonds is 2. The number of ether oxygens (including phenoxy) is 1. The average Bonchev–Trinajstić information content (AvgIpc) is 2.84. The Morgan fingerprint density at radius 3 is 2.25 bits per heavy atom. The van der Waals surface area contributed by atoms with E-state index in [0.29, 0.717) is 11.8 Å². The van der Waals surface area contributed by atoms with E-state index in [4.69, 9.17) is 4.74 Å². The van der Waals surface area contributed by atoms with Gasteiger partial charge < -0.3 is 15.0 Å². The minimum absolute atomic E-state index is 0.00487. The Bertz CT molecular complexity index is 377. The Morgan fingerprint density at radius 1 is 1.20 bits per heavy atom. The van der Waals surface area contributed by atoms with Gasteiger partial charge in [-0.3, -0.25) is 4.79 Å². The molecule has 0 aromatic heterocycles. The number of hydrogen-bond donors (Lipinski definition) is 1. The van der Waals surface area contributed by atoms with Gasteiger partial charge in [0.2, 0.25) is 5.91 Å². The van der Waals surface area contributed by atoms with E-state index in [1.807, 2.05) is 4.90 Å². The summed E-state index contributed by atoms with van der Waals surface area (Å²) in [6, 6.07) is -0.524. The van der Waals surface area contributed by atoms with Crippen molar-refractivity contribution in [3.05, 3.63) is 0 Å². The first-order chi connectivity index (χ1) is 9.26. The summed E-state index contributed by atoms with van der Waals surface area (Å²) in [7, 11) is 0. The van der Waals surface area contributed by atoms with Gasteiger partial charge in [-0.05, 0) is 52.4 Å². The summed E-state index contributed by atoms with van der Waals surface area (Å²) in [5.74, 6) is 1.35. The minimum Gasteiger partial charge on any atom is -0.444 e. The lowest BCUT2D eigenvalue weighted by molar-refractivity contribution is -0.132. The molecule has 3 unspecified atom stereocenters. The Balaban J connectivity index is 1.82. The van der Waals surface area contributed by atoms with Crippen LogP contribution in [-0.4, -0.2) is 41.6 Å². The maximum Gasteiger partial charge on any atom is 0.408 e. The van der Waals surface area contributed by atoms with Crippen LogP contribution in [0.25, 0.3) is 0 Å². The van der Waals surface area contributed by atoms with E-state index in [-0.39, 0.29) is 5.91 Å². The van der Waals surface area contributed by atoms with Gasteiger partial charge in [-0.15, -0.1) is 0 Å². The van der Waals surface area contributed by atoms with Crippen LogP contribution in [-0.2, 0) is 9.53 Å². The molecule has 20 heavy (non-hydrogen) atoms. The van der Waals surface area contributed by atoms with Gasteiger partial charge in [0.05, 0.1) is 0 Å². The van der Waals surface area contributed by atoms with E-state index in [2.05, 4.69) is 5.32 Å². The van der Waals surface area contributed by atoms with E-state index >= 15 is 0 Å². The van der Waals surface area contributed by atoms with Crippen molar-refractivity contribution in [2.75, 3.05) is 13.1 Å². The molecule has 0 aromatic rings. The molecular weight excluding hydrogens is 256 g/mol. The number of carbonyl (C=O) groups is 2. The fraction of sp³-hybridized carbons (Fsp3) is 0.867. The molecular formula is C15H26N2O3. The molecule has 2 aliphatic rings. The quantitative estimate of drug-likeness (QED) is 0.844. The normalized spacial score (nSPS) is 27.1. The summed E-state index contributed by atoms with van der Waals surface area (Å²) in [6.07, 6.45) is 3.24. The number of carbonyl (C=O) groups excluding carboxylic acids is 2. The molecule has 5 nitrogen and oxygen atoms in total. The second-order valence-corrected chi connectivity index (χ2v) is 7.06. The van der Waals surface area contributed by atoms with Crippen LogP contribution in [0.4, 0.5) is 4.79 Å². The van der Waals surface area contributed by atoms with Crippen molar-refractivity contribution in [1.29, 1.82) is 0 Å². The summed E-state index contributed by atoms with van der Waals surface area (Å²) < 4.78 is 5.17. The molecule has 1 saturated heterocycles. The maximum atomic E-state index is 12.3. The van der Waals surface area contributed by atoms with Crippen LogP contribution < -0.4 is 5.32 Å². The molecule has 2 fully saturated rings. The zero-order valence-electron chi connectivity index (χ0n) is 12.9. The second kappa shape index (κ2) is 5.62. The highest BCUT2D eigenvalue weighted by Gasteiger charge is 2.39. The van der Waals surface area contributed by atoms with Crippen molar-refractivity contribution < 1.29 is 14.3 Å². The van der Waals surface area contributed by atoms with Crippen LogP contribution in [0, 0.1) is 11.8 Å². The lowest BCUT2D eigenvalue weighted by atomic mass is 10.0. The van der Waals surface area contributed by atoms with Crippen molar-refractivity contribution in [3.8, 4) is 0 Å². The molecule has 2 amide bonds. The second-order valence-electron chi connectivity index (χ2n) is 7.06.